The zero-order valence-electron chi connectivity index (χ0n) is 9.55. The fourth-order valence-corrected chi connectivity index (χ4v) is 2.89. The molecule has 0 unspecified atom stereocenters. The van der Waals surface area contributed by atoms with Crippen LogP contribution in [0, 0.1) is 0 Å². The van der Waals surface area contributed by atoms with Crippen LogP contribution < -0.4 is 10.1 Å². The Balaban J connectivity index is 2.20. The maximum Gasteiger partial charge on any atom is 0.250 e. The predicted molar refractivity (Wildman–Crippen MR) is 67.2 cm³/mol. The number of thioether (sulfide) groups is 1. The number of carbonyl (C=O) groups excluding carboxylic acids is 1. The van der Waals surface area contributed by atoms with Crippen molar-refractivity contribution in [3.05, 3.63) is 29.8 Å². The van der Waals surface area contributed by atoms with Gasteiger partial charge in [0.1, 0.15) is 11.9 Å². The highest BCUT2D eigenvalue weighted by Crippen LogP contribution is 2.34. The van der Waals surface area contributed by atoms with Crippen LogP contribution in [0.15, 0.2) is 24.3 Å². The number of aliphatic hydroxyl groups is 1. The lowest BCUT2D eigenvalue weighted by Crippen LogP contribution is -2.35. The molecule has 2 atom stereocenters. The van der Waals surface area contributed by atoms with Gasteiger partial charge in [-0.15, -0.1) is 11.8 Å². The van der Waals surface area contributed by atoms with Gasteiger partial charge in [-0.25, -0.2) is 0 Å². The van der Waals surface area contributed by atoms with E-state index in [1.807, 2.05) is 24.3 Å². The normalized spacial score (nSPS) is 24.9. The van der Waals surface area contributed by atoms with Gasteiger partial charge in [0.15, 0.2) is 0 Å². The van der Waals surface area contributed by atoms with E-state index in [0.29, 0.717) is 6.54 Å². The molecule has 1 aromatic carbocycles. The summed E-state index contributed by atoms with van der Waals surface area (Å²) in [5.74, 6) is 1.28. The molecule has 4 nitrogen and oxygen atoms in total. The molecule has 2 N–H and O–H groups in total. The van der Waals surface area contributed by atoms with Gasteiger partial charge in [-0.3, -0.25) is 4.79 Å². The van der Waals surface area contributed by atoms with Crippen molar-refractivity contribution < 1.29 is 14.6 Å². The van der Waals surface area contributed by atoms with Gasteiger partial charge in [-0.2, -0.15) is 0 Å². The lowest BCUT2D eigenvalue weighted by atomic mass is 10.1. The molecular formula is C12H15NO3S. The zero-order chi connectivity index (χ0) is 12.3. The highest BCUT2D eigenvalue weighted by Gasteiger charge is 2.29. The number of amides is 1. The van der Waals surface area contributed by atoms with Gasteiger partial charge < -0.3 is 15.2 Å². The molecule has 17 heavy (non-hydrogen) atoms. The summed E-state index contributed by atoms with van der Waals surface area (Å²) in [5.41, 5.74) is 0.945. The van der Waals surface area contributed by atoms with E-state index in [1.54, 1.807) is 18.9 Å². The van der Waals surface area contributed by atoms with Crippen molar-refractivity contribution >= 4 is 17.7 Å². The maximum atomic E-state index is 11.5. The molecule has 0 saturated carbocycles. The second-order valence-corrected chi connectivity index (χ2v) is 5.05. The Hall–Kier alpha value is -1.20. The lowest BCUT2D eigenvalue weighted by Gasteiger charge is -2.18. The summed E-state index contributed by atoms with van der Waals surface area (Å²) >= 11 is 1.59. The third-order valence-electron chi connectivity index (χ3n) is 2.70. The van der Waals surface area contributed by atoms with Crippen LogP contribution in [0.1, 0.15) is 10.8 Å². The first-order valence-electron chi connectivity index (χ1n) is 5.43. The summed E-state index contributed by atoms with van der Waals surface area (Å²) < 4.78 is 5.08. The lowest BCUT2D eigenvalue weighted by molar-refractivity contribution is -0.129. The SMILES string of the molecule is COc1ccc([C@H]2SCCNC(=O)[C@@H]2O)cc1. The van der Waals surface area contributed by atoms with Gasteiger partial charge >= 0.3 is 0 Å². The summed E-state index contributed by atoms with van der Waals surface area (Å²) in [4.78, 5) is 11.5. The van der Waals surface area contributed by atoms with Crippen molar-refractivity contribution in [2.45, 2.75) is 11.4 Å². The molecule has 0 radical (unpaired) electrons. The van der Waals surface area contributed by atoms with Crippen molar-refractivity contribution in [2.24, 2.45) is 0 Å². The molecule has 0 spiro atoms. The number of carbonyl (C=O) groups is 1. The van der Waals surface area contributed by atoms with E-state index in [4.69, 9.17) is 4.74 Å². The fourth-order valence-electron chi connectivity index (χ4n) is 1.77. The average molecular weight is 253 g/mol. The average Bonchev–Trinajstić information content (AvgIpc) is 2.53. The van der Waals surface area contributed by atoms with Crippen molar-refractivity contribution in [2.75, 3.05) is 19.4 Å². The Kier molecular flexibility index (Phi) is 3.91. The molecule has 1 saturated heterocycles. The molecule has 1 heterocycles. The zero-order valence-corrected chi connectivity index (χ0v) is 10.4. The fraction of sp³-hybridized carbons (Fsp3) is 0.417. The van der Waals surface area contributed by atoms with Gasteiger partial charge in [-0.1, -0.05) is 12.1 Å². The van der Waals surface area contributed by atoms with E-state index >= 15 is 0 Å². The molecule has 92 valence electrons. The van der Waals surface area contributed by atoms with E-state index in [9.17, 15) is 9.90 Å². The molecule has 1 aromatic rings. The second-order valence-electron chi connectivity index (χ2n) is 3.80. The van der Waals surface area contributed by atoms with Gasteiger partial charge in [-0.05, 0) is 17.7 Å². The van der Waals surface area contributed by atoms with Crippen LogP contribution >= 0.6 is 11.8 Å². The highest BCUT2D eigenvalue weighted by atomic mass is 32.2. The van der Waals surface area contributed by atoms with Gasteiger partial charge in [0.2, 0.25) is 5.91 Å². The van der Waals surface area contributed by atoms with E-state index < -0.39 is 6.10 Å². The Labute approximate surface area is 104 Å². The molecule has 0 bridgehead atoms. The number of benzene rings is 1. The number of hydrogen-bond donors (Lipinski definition) is 2. The Morgan fingerprint density at radius 1 is 1.41 bits per heavy atom. The van der Waals surface area contributed by atoms with Crippen molar-refractivity contribution in [3.63, 3.8) is 0 Å². The van der Waals surface area contributed by atoms with Crippen LogP contribution in [0.25, 0.3) is 0 Å². The van der Waals surface area contributed by atoms with Crippen LogP contribution in [0.2, 0.25) is 0 Å². The van der Waals surface area contributed by atoms with E-state index in [-0.39, 0.29) is 11.2 Å². The van der Waals surface area contributed by atoms with Crippen LogP contribution in [0.5, 0.6) is 5.75 Å². The van der Waals surface area contributed by atoms with Crippen molar-refractivity contribution in [1.29, 1.82) is 0 Å². The third kappa shape index (κ3) is 2.73. The van der Waals surface area contributed by atoms with Crippen LogP contribution in [0.4, 0.5) is 0 Å². The third-order valence-corrected chi connectivity index (χ3v) is 4.03. The van der Waals surface area contributed by atoms with Crippen molar-refractivity contribution in [3.8, 4) is 5.75 Å². The monoisotopic (exact) mass is 253 g/mol. The minimum Gasteiger partial charge on any atom is -0.497 e. The number of rotatable bonds is 2. The van der Waals surface area contributed by atoms with Crippen molar-refractivity contribution in [1.82, 2.24) is 5.32 Å². The first-order chi connectivity index (χ1) is 8.22. The number of hydrogen-bond acceptors (Lipinski definition) is 4. The van der Waals surface area contributed by atoms with Gasteiger partial charge in [0.05, 0.1) is 12.4 Å². The Morgan fingerprint density at radius 3 is 2.76 bits per heavy atom. The largest absolute Gasteiger partial charge is 0.497 e. The molecule has 2 rings (SSSR count). The molecule has 0 aromatic heterocycles. The maximum absolute atomic E-state index is 11.5. The molecule has 1 aliphatic rings. The topological polar surface area (TPSA) is 58.6 Å². The van der Waals surface area contributed by atoms with E-state index in [0.717, 1.165) is 17.1 Å². The summed E-state index contributed by atoms with van der Waals surface area (Å²) in [6.45, 7) is 0.604. The van der Waals surface area contributed by atoms with E-state index in [1.165, 1.54) is 0 Å². The Bertz CT molecular complexity index is 393. The first-order valence-corrected chi connectivity index (χ1v) is 6.48. The summed E-state index contributed by atoms with van der Waals surface area (Å²) in [7, 11) is 1.61. The van der Waals surface area contributed by atoms with Crippen LogP contribution in [-0.4, -0.2) is 36.5 Å². The summed E-state index contributed by atoms with van der Waals surface area (Å²) in [6, 6.07) is 7.45. The minimum absolute atomic E-state index is 0.205. The molecular weight excluding hydrogens is 238 g/mol. The van der Waals surface area contributed by atoms with Crippen LogP contribution in [-0.2, 0) is 4.79 Å². The number of nitrogens with one attached hydrogen (secondary N) is 1. The highest BCUT2D eigenvalue weighted by molar-refractivity contribution is 7.99. The Morgan fingerprint density at radius 2 is 2.12 bits per heavy atom. The minimum atomic E-state index is -0.990. The molecule has 0 aliphatic carbocycles. The first kappa shape index (κ1) is 12.3. The number of ether oxygens (including phenoxy) is 1. The predicted octanol–water partition coefficient (Wildman–Crippen LogP) is 0.960. The van der Waals surface area contributed by atoms with Gasteiger partial charge in [0.25, 0.3) is 0 Å². The van der Waals surface area contributed by atoms with Gasteiger partial charge in [0, 0.05) is 12.3 Å². The molecule has 1 amide bonds. The molecule has 5 heteroatoms. The number of methoxy groups -OCH3 is 1. The standard InChI is InChI=1S/C12H15NO3S/c1-16-9-4-2-8(3-5-9)11-10(14)12(15)13-6-7-17-11/h2-5,10-11,14H,6-7H2,1H3,(H,13,15)/t10-,11-/m1/s1. The quantitative estimate of drug-likeness (QED) is 0.824. The van der Waals surface area contributed by atoms with E-state index in [2.05, 4.69) is 5.32 Å². The number of aliphatic hydroxyl groups excluding tert-OH is 1. The molecule has 1 fully saturated rings. The summed E-state index contributed by atoms with van der Waals surface area (Å²) in [6.07, 6.45) is -0.990. The van der Waals surface area contributed by atoms with Crippen LogP contribution in [0.3, 0.4) is 0 Å². The molecule has 1 aliphatic heterocycles. The summed E-state index contributed by atoms with van der Waals surface area (Å²) in [5, 5.41) is 12.4. The smallest absolute Gasteiger partial charge is 0.250 e. The second kappa shape index (κ2) is 5.42.